The number of alkyl halides is 3. The van der Waals surface area contributed by atoms with E-state index in [0.717, 1.165) is 4.57 Å². The summed E-state index contributed by atoms with van der Waals surface area (Å²) in [6.07, 6.45) is -6.75. The number of nitrogens with one attached hydrogen (secondary N) is 1. The van der Waals surface area contributed by atoms with Crippen LogP contribution in [0.25, 0.3) is 0 Å². The van der Waals surface area contributed by atoms with Gasteiger partial charge in [0.15, 0.2) is 17.3 Å². The third-order valence-corrected chi connectivity index (χ3v) is 6.81. The molecule has 0 unspecified atom stereocenters. The number of alkyl carbamates (subject to hydrolysis) is 1. The lowest BCUT2D eigenvalue weighted by atomic mass is 10.0. The number of benzene rings is 1. The summed E-state index contributed by atoms with van der Waals surface area (Å²) in [5.41, 5.74) is -1.79. The quantitative estimate of drug-likeness (QED) is 0.391. The summed E-state index contributed by atoms with van der Waals surface area (Å²) in [6.45, 7) is 4.60. The standard InChI is InChI=1S/C27H31F6N5O5/c1-26(2,3)43-25(41)34-16(10-15-11-18(29)19(30)13-17(15)28)12-21(39)37-4-5-38-20(14-37)22(35-24(38)27(31,32)33)23(40)36-6-8-42-9-7-36/h11,13,16H,4-10,12,14H2,1-3H3,(H,34,41)/t16-/m1/s1. The maximum atomic E-state index is 14.4. The van der Waals surface area contributed by atoms with Gasteiger partial charge in [0.25, 0.3) is 5.91 Å². The van der Waals surface area contributed by atoms with E-state index < -0.39 is 84.1 Å². The minimum absolute atomic E-state index is 0.105. The molecule has 0 saturated carbocycles. The fourth-order valence-electron chi connectivity index (χ4n) is 4.86. The molecule has 1 saturated heterocycles. The summed E-state index contributed by atoms with van der Waals surface area (Å²) < 4.78 is 94.5. The highest BCUT2D eigenvalue weighted by atomic mass is 19.4. The van der Waals surface area contributed by atoms with Gasteiger partial charge in [-0.3, -0.25) is 9.59 Å². The maximum absolute atomic E-state index is 14.4. The molecule has 43 heavy (non-hydrogen) atoms. The lowest BCUT2D eigenvalue weighted by molar-refractivity contribution is -0.148. The van der Waals surface area contributed by atoms with Gasteiger partial charge < -0.3 is 29.2 Å². The number of imidazole rings is 1. The molecular formula is C27H31F6N5O5. The van der Waals surface area contributed by atoms with E-state index in [2.05, 4.69) is 10.3 Å². The molecule has 2 aliphatic rings. The van der Waals surface area contributed by atoms with Gasteiger partial charge in [0.05, 0.1) is 25.5 Å². The van der Waals surface area contributed by atoms with E-state index in [9.17, 15) is 40.7 Å². The van der Waals surface area contributed by atoms with Gasteiger partial charge in [-0.15, -0.1) is 0 Å². The van der Waals surface area contributed by atoms with Crippen molar-refractivity contribution < 1.29 is 50.2 Å². The fraction of sp³-hybridized carbons (Fsp3) is 0.556. The fourth-order valence-corrected chi connectivity index (χ4v) is 4.86. The molecular weight excluding hydrogens is 588 g/mol. The molecule has 1 N–H and O–H groups in total. The SMILES string of the molecule is CC(C)(C)OC(=O)N[C@@H](CC(=O)N1CCn2c(C(F)(F)F)nc(C(=O)N3CCOCC3)c2C1)Cc1cc(F)c(F)cc1F. The number of hydrogen-bond acceptors (Lipinski definition) is 6. The van der Waals surface area contributed by atoms with Gasteiger partial charge in [0.2, 0.25) is 11.7 Å². The molecule has 1 fully saturated rings. The molecule has 1 aromatic carbocycles. The number of carbonyl (C=O) groups is 3. The molecule has 0 radical (unpaired) electrons. The van der Waals surface area contributed by atoms with Crippen LogP contribution in [-0.2, 0) is 40.0 Å². The van der Waals surface area contributed by atoms with Crippen LogP contribution in [0.1, 0.15) is 54.8 Å². The van der Waals surface area contributed by atoms with Crippen LogP contribution in [0.2, 0.25) is 0 Å². The number of rotatable bonds is 6. The first kappa shape index (κ1) is 32.1. The second kappa shape index (κ2) is 12.4. The topological polar surface area (TPSA) is 106 Å². The predicted octanol–water partition coefficient (Wildman–Crippen LogP) is 3.66. The molecule has 16 heteroatoms. The molecule has 2 aliphatic heterocycles. The number of nitrogens with zero attached hydrogens (tertiary/aromatic N) is 4. The molecule has 3 amide bonds. The summed E-state index contributed by atoms with van der Waals surface area (Å²) in [4.78, 5) is 45.2. The average Bonchev–Trinajstić information content (AvgIpc) is 3.30. The van der Waals surface area contributed by atoms with E-state index >= 15 is 0 Å². The molecule has 1 aromatic heterocycles. The summed E-state index contributed by atoms with van der Waals surface area (Å²) >= 11 is 0. The Bertz CT molecular complexity index is 1380. The molecule has 0 spiro atoms. The third-order valence-electron chi connectivity index (χ3n) is 6.81. The Morgan fingerprint density at radius 1 is 0.977 bits per heavy atom. The first-order chi connectivity index (χ1) is 20.0. The number of ether oxygens (including phenoxy) is 2. The van der Waals surface area contributed by atoms with Crippen LogP contribution >= 0.6 is 0 Å². The van der Waals surface area contributed by atoms with Gasteiger partial charge >= 0.3 is 12.3 Å². The van der Waals surface area contributed by atoms with Crippen molar-refractivity contribution in [1.29, 1.82) is 0 Å². The third kappa shape index (κ3) is 7.77. The summed E-state index contributed by atoms with van der Waals surface area (Å²) in [7, 11) is 0. The van der Waals surface area contributed by atoms with Crippen molar-refractivity contribution in [2.24, 2.45) is 0 Å². The molecule has 1 atom stereocenters. The molecule has 0 aliphatic carbocycles. The van der Waals surface area contributed by atoms with Crippen molar-refractivity contribution in [2.45, 2.75) is 64.5 Å². The Morgan fingerprint density at radius 3 is 2.26 bits per heavy atom. The molecule has 4 rings (SSSR count). The minimum atomic E-state index is -4.86. The highest BCUT2D eigenvalue weighted by Gasteiger charge is 2.42. The zero-order chi connectivity index (χ0) is 31.7. The molecule has 236 valence electrons. The highest BCUT2D eigenvalue weighted by molar-refractivity contribution is 5.94. The van der Waals surface area contributed by atoms with E-state index in [1.807, 2.05) is 0 Å². The highest BCUT2D eigenvalue weighted by Crippen LogP contribution is 2.33. The van der Waals surface area contributed by atoms with Crippen molar-refractivity contribution in [1.82, 2.24) is 24.7 Å². The van der Waals surface area contributed by atoms with Crippen LogP contribution < -0.4 is 5.32 Å². The molecule has 10 nitrogen and oxygen atoms in total. The molecule has 0 bridgehead atoms. The second-order valence-corrected chi connectivity index (χ2v) is 11.2. The van der Waals surface area contributed by atoms with Gasteiger partial charge in [-0.1, -0.05) is 0 Å². The van der Waals surface area contributed by atoms with E-state index in [-0.39, 0.29) is 50.7 Å². The number of aromatic nitrogens is 2. The lowest BCUT2D eigenvalue weighted by Gasteiger charge is -2.32. The normalized spacial score (nSPS) is 16.5. The predicted molar refractivity (Wildman–Crippen MR) is 137 cm³/mol. The van der Waals surface area contributed by atoms with Crippen LogP contribution in [0.4, 0.5) is 31.1 Å². The lowest BCUT2D eigenvalue weighted by Crippen LogP contribution is -2.46. The van der Waals surface area contributed by atoms with Crippen molar-refractivity contribution in [2.75, 3.05) is 32.8 Å². The Labute approximate surface area is 242 Å². The number of fused-ring (bicyclic) bond motifs is 1. The minimum Gasteiger partial charge on any atom is -0.444 e. The first-order valence-corrected chi connectivity index (χ1v) is 13.5. The Morgan fingerprint density at radius 2 is 1.63 bits per heavy atom. The van der Waals surface area contributed by atoms with Crippen LogP contribution in [0.5, 0.6) is 0 Å². The first-order valence-electron chi connectivity index (χ1n) is 13.5. The van der Waals surface area contributed by atoms with Gasteiger partial charge in [-0.25, -0.2) is 22.9 Å². The Balaban J connectivity index is 1.58. The average molecular weight is 620 g/mol. The van der Waals surface area contributed by atoms with Crippen molar-refractivity contribution in [3.05, 3.63) is 52.4 Å². The van der Waals surface area contributed by atoms with Gasteiger partial charge in [-0.05, 0) is 38.8 Å². The number of hydrogen-bond donors (Lipinski definition) is 1. The van der Waals surface area contributed by atoms with E-state index in [1.54, 1.807) is 20.8 Å². The summed E-state index contributed by atoms with van der Waals surface area (Å²) in [6, 6.07) is -0.219. The number of morpholine rings is 1. The van der Waals surface area contributed by atoms with E-state index in [0.29, 0.717) is 12.1 Å². The largest absolute Gasteiger partial charge is 0.449 e. The zero-order valence-electron chi connectivity index (χ0n) is 23.7. The summed E-state index contributed by atoms with van der Waals surface area (Å²) in [5, 5.41) is 2.44. The van der Waals surface area contributed by atoms with Crippen molar-refractivity contribution in [3.63, 3.8) is 0 Å². The number of carbonyl (C=O) groups excluding carboxylic acids is 3. The van der Waals surface area contributed by atoms with Crippen LogP contribution in [-0.4, -0.2) is 81.7 Å². The van der Waals surface area contributed by atoms with E-state index in [4.69, 9.17) is 9.47 Å². The van der Waals surface area contributed by atoms with Gasteiger partial charge in [0, 0.05) is 44.7 Å². The molecule has 3 heterocycles. The van der Waals surface area contributed by atoms with Crippen LogP contribution in [0.3, 0.4) is 0 Å². The summed E-state index contributed by atoms with van der Waals surface area (Å²) in [5.74, 6) is -6.50. The van der Waals surface area contributed by atoms with Crippen molar-refractivity contribution in [3.8, 4) is 0 Å². The number of amides is 3. The maximum Gasteiger partial charge on any atom is 0.449 e. The van der Waals surface area contributed by atoms with E-state index in [1.165, 1.54) is 9.80 Å². The van der Waals surface area contributed by atoms with Gasteiger partial charge in [-0.2, -0.15) is 13.2 Å². The van der Waals surface area contributed by atoms with Crippen molar-refractivity contribution >= 4 is 17.9 Å². The number of halogens is 6. The monoisotopic (exact) mass is 619 g/mol. The zero-order valence-corrected chi connectivity index (χ0v) is 23.7. The Hall–Kier alpha value is -3.82. The van der Waals surface area contributed by atoms with Gasteiger partial charge in [0.1, 0.15) is 11.4 Å². The van der Waals surface area contributed by atoms with Crippen LogP contribution in [0, 0.1) is 17.5 Å². The second-order valence-electron chi connectivity index (χ2n) is 11.2. The van der Waals surface area contributed by atoms with Crippen LogP contribution in [0.15, 0.2) is 12.1 Å². The smallest absolute Gasteiger partial charge is 0.444 e. The molecule has 2 aromatic rings. The Kier molecular flexibility index (Phi) is 9.27.